The topological polar surface area (TPSA) is 67.6 Å². The smallest absolute Gasteiger partial charge is 0.238 e. The van der Waals surface area contributed by atoms with Gasteiger partial charge < -0.3 is 9.64 Å². The fourth-order valence-corrected chi connectivity index (χ4v) is 1.01. The van der Waals surface area contributed by atoms with E-state index in [1.807, 2.05) is 0 Å². The van der Waals surface area contributed by atoms with Gasteiger partial charge in [-0.15, -0.1) is 0 Å². The summed E-state index contributed by atoms with van der Waals surface area (Å²) in [7, 11) is 0. The normalized spacial score (nSPS) is 18.5. The van der Waals surface area contributed by atoms with Crippen LogP contribution in [0.3, 0.4) is 0 Å². The third-order valence-electron chi connectivity index (χ3n) is 1.62. The van der Waals surface area contributed by atoms with Gasteiger partial charge in [0.25, 0.3) is 0 Å². The maximum Gasteiger partial charge on any atom is 0.238 e. The van der Waals surface area contributed by atoms with Gasteiger partial charge in [0.15, 0.2) is 0 Å². The molecule has 5 nitrogen and oxygen atoms in total. The van der Waals surface area contributed by atoms with E-state index in [0.29, 0.717) is 26.3 Å². The second-order valence-corrected chi connectivity index (χ2v) is 2.37. The van der Waals surface area contributed by atoms with Crippen molar-refractivity contribution in [3.8, 4) is 0 Å². The van der Waals surface area contributed by atoms with Crippen LogP contribution in [0.2, 0.25) is 0 Å². The van der Waals surface area contributed by atoms with Gasteiger partial charge in [-0.05, 0) is 0 Å². The fraction of sp³-hybridized carbons (Fsp3) is 0.833. The summed E-state index contributed by atoms with van der Waals surface area (Å²) in [4.78, 5) is 12.9. The number of hydrogen-bond donors (Lipinski definition) is 2. The zero-order valence-corrected chi connectivity index (χ0v) is 6.38. The number of nitrogens with two attached hydrogens (primary N) is 1. The predicted molar refractivity (Wildman–Crippen MR) is 39.6 cm³/mol. The fourth-order valence-electron chi connectivity index (χ4n) is 1.01. The lowest BCUT2D eigenvalue weighted by atomic mass is 10.4. The third kappa shape index (κ3) is 2.45. The summed E-state index contributed by atoms with van der Waals surface area (Å²) in [5.41, 5.74) is 2.33. The van der Waals surface area contributed by atoms with E-state index in [2.05, 4.69) is 5.43 Å². The van der Waals surface area contributed by atoms with Gasteiger partial charge in [0.2, 0.25) is 5.91 Å². The first-order valence-corrected chi connectivity index (χ1v) is 3.63. The van der Waals surface area contributed by atoms with Crippen molar-refractivity contribution in [1.82, 2.24) is 10.3 Å². The Balaban J connectivity index is 2.27. The van der Waals surface area contributed by atoms with Gasteiger partial charge in [0, 0.05) is 13.1 Å². The van der Waals surface area contributed by atoms with Crippen LogP contribution in [0.15, 0.2) is 0 Å². The molecule has 0 bridgehead atoms. The third-order valence-corrected chi connectivity index (χ3v) is 1.62. The van der Waals surface area contributed by atoms with Gasteiger partial charge in [0.1, 0.15) is 0 Å². The van der Waals surface area contributed by atoms with Crippen LogP contribution in [0.5, 0.6) is 0 Å². The Morgan fingerprint density at radius 2 is 2.18 bits per heavy atom. The highest BCUT2D eigenvalue weighted by molar-refractivity contribution is 5.78. The minimum absolute atomic E-state index is 0.0378. The molecule has 1 aliphatic rings. The van der Waals surface area contributed by atoms with E-state index in [-0.39, 0.29) is 12.5 Å². The molecule has 11 heavy (non-hydrogen) atoms. The van der Waals surface area contributed by atoms with Crippen LogP contribution < -0.4 is 11.3 Å². The van der Waals surface area contributed by atoms with Crippen LogP contribution in [0.4, 0.5) is 0 Å². The van der Waals surface area contributed by atoms with Gasteiger partial charge >= 0.3 is 0 Å². The Morgan fingerprint density at radius 1 is 1.55 bits per heavy atom. The van der Waals surface area contributed by atoms with E-state index in [4.69, 9.17) is 10.6 Å². The molecule has 1 fully saturated rings. The molecule has 1 saturated heterocycles. The van der Waals surface area contributed by atoms with E-state index in [1.165, 1.54) is 0 Å². The number of carbonyl (C=O) groups is 1. The first kappa shape index (κ1) is 8.45. The first-order valence-electron chi connectivity index (χ1n) is 3.63. The Hall–Kier alpha value is -0.650. The number of rotatable bonds is 2. The summed E-state index contributed by atoms with van der Waals surface area (Å²) >= 11 is 0. The van der Waals surface area contributed by atoms with Crippen molar-refractivity contribution in [3.63, 3.8) is 0 Å². The second-order valence-electron chi connectivity index (χ2n) is 2.37. The number of nitrogens with zero attached hydrogens (tertiary/aromatic N) is 1. The quantitative estimate of drug-likeness (QED) is 0.372. The Bertz CT molecular complexity index is 134. The van der Waals surface area contributed by atoms with Crippen LogP contribution in [-0.4, -0.2) is 43.7 Å². The zero-order valence-electron chi connectivity index (χ0n) is 6.38. The summed E-state index contributed by atoms with van der Waals surface area (Å²) in [6.07, 6.45) is 0. The predicted octanol–water partition coefficient (Wildman–Crippen LogP) is -1.69. The highest BCUT2D eigenvalue weighted by Crippen LogP contribution is 1.95. The number of hydrazine groups is 1. The Morgan fingerprint density at radius 3 is 2.73 bits per heavy atom. The van der Waals surface area contributed by atoms with Crippen molar-refractivity contribution < 1.29 is 9.53 Å². The molecule has 0 radical (unpaired) electrons. The van der Waals surface area contributed by atoms with Crippen molar-refractivity contribution in [2.24, 2.45) is 5.84 Å². The summed E-state index contributed by atoms with van der Waals surface area (Å²) in [5, 5.41) is 0. The van der Waals surface area contributed by atoms with Crippen LogP contribution in [0.1, 0.15) is 0 Å². The van der Waals surface area contributed by atoms with Crippen LogP contribution >= 0.6 is 0 Å². The highest BCUT2D eigenvalue weighted by atomic mass is 16.5. The summed E-state index contributed by atoms with van der Waals surface area (Å²) in [6, 6.07) is 0. The molecule has 1 amide bonds. The van der Waals surface area contributed by atoms with Crippen molar-refractivity contribution in [2.75, 3.05) is 32.8 Å². The zero-order chi connectivity index (χ0) is 8.10. The number of amides is 1. The number of carbonyl (C=O) groups excluding carboxylic acids is 1. The molecule has 1 rings (SSSR count). The van der Waals surface area contributed by atoms with Crippen LogP contribution in [0, 0.1) is 0 Å². The van der Waals surface area contributed by atoms with Gasteiger partial charge in [-0.3, -0.25) is 16.1 Å². The van der Waals surface area contributed by atoms with Gasteiger partial charge in [0.05, 0.1) is 19.8 Å². The molecule has 0 spiro atoms. The standard InChI is InChI=1S/C6H13N3O2/c7-8-5-6(10)9-1-3-11-4-2-9/h8H,1-5,7H2. The number of nitrogens with one attached hydrogen (secondary N) is 1. The molecular weight excluding hydrogens is 146 g/mol. The van der Waals surface area contributed by atoms with E-state index in [9.17, 15) is 4.79 Å². The summed E-state index contributed by atoms with van der Waals surface area (Å²) in [5.74, 6) is 5.05. The van der Waals surface area contributed by atoms with Crippen LogP contribution in [-0.2, 0) is 9.53 Å². The summed E-state index contributed by atoms with van der Waals surface area (Å²) in [6.45, 7) is 2.84. The molecule has 5 heteroatoms. The lowest BCUT2D eigenvalue weighted by molar-refractivity contribution is -0.134. The van der Waals surface area contributed by atoms with Crippen molar-refractivity contribution in [1.29, 1.82) is 0 Å². The molecule has 64 valence electrons. The second kappa shape index (κ2) is 4.27. The SMILES string of the molecule is NNCC(=O)N1CCOCC1. The minimum atomic E-state index is 0.0378. The first-order chi connectivity index (χ1) is 5.34. The van der Waals surface area contributed by atoms with Crippen LogP contribution in [0.25, 0.3) is 0 Å². The molecule has 0 saturated carbocycles. The van der Waals surface area contributed by atoms with Gasteiger partial charge in [-0.2, -0.15) is 0 Å². The molecular formula is C6H13N3O2. The van der Waals surface area contributed by atoms with E-state index < -0.39 is 0 Å². The van der Waals surface area contributed by atoms with Gasteiger partial charge in [-0.25, -0.2) is 0 Å². The molecule has 0 aliphatic carbocycles. The molecule has 1 aliphatic heterocycles. The lowest BCUT2D eigenvalue weighted by Crippen LogP contribution is -2.45. The van der Waals surface area contributed by atoms with Crippen molar-refractivity contribution in [2.45, 2.75) is 0 Å². The molecule has 0 unspecified atom stereocenters. The summed E-state index contributed by atoms with van der Waals surface area (Å²) < 4.78 is 5.08. The number of hydrogen-bond acceptors (Lipinski definition) is 4. The monoisotopic (exact) mass is 159 g/mol. The van der Waals surface area contributed by atoms with E-state index in [1.54, 1.807) is 4.90 Å². The maximum absolute atomic E-state index is 11.1. The molecule has 0 aromatic heterocycles. The largest absolute Gasteiger partial charge is 0.378 e. The minimum Gasteiger partial charge on any atom is -0.378 e. The van der Waals surface area contributed by atoms with Gasteiger partial charge in [-0.1, -0.05) is 0 Å². The molecule has 3 N–H and O–H groups in total. The molecule has 1 heterocycles. The lowest BCUT2D eigenvalue weighted by Gasteiger charge is -2.26. The van der Waals surface area contributed by atoms with Crippen molar-refractivity contribution >= 4 is 5.91 Å². The average Bonchev–Trinajstić information content (AvgIpc) is 2.07. The number of ether oxygens (including phenoxy) is 1. The Kier molecular flexibility index (Phi) is 3.28. The van der Waals surface area contributed by atoms with E-state index >= 15 is 0 Å². The molecule has 0 aromatic carbocycles. The Labute approximate surface area is 65.5 Å². The van der Waals surface area contributed by atoms with E-state index in [0.717, 1.165) is 0 Å². The average molecular weight is 159 g/mol. The number of morpholine rings is 1. The highest BCUT2D eigenvalue weighted by Gasteiger charge is 2.15. The maximum atomic E-state index is 11.1. The molecule has 0 aromatic rings. The van der Waals surface area contributed by atoms with Crippen molar-refractivity contribution in [3.05, 3.63) is 0 Å². The molecule has 0 atom stereocenters.